The first-order valence-corrected chi connectivity index (χ1v) is 4.94. The first kappa shape index (κ1) is 13.2. The topological polar surface area (TPSA) is 9.23 Å². The Hall–Kier alpha value is 0.220. The molecule has 6 radical (unpaired) electrons. The molecule has 0 aliphatic heterocycles. The third-order valence-electron chi connectivity index (χ3n) is 2.13. The van der Waals surface area contributed by atoms with Crippen molar-refractivity contribution < 1.29 is 4.74 Å². The van der Waals surface area contributed by atoms with Gasteiger partial charge in [0.05, 0.1) is 20.4 Å². The van der Waals surface area contributed by atoms with Gasteiger partial charge in [0.25, 0.3) is 0 Å². The highest BCUT2D eigenvalue weighted by molar-refractivity contribution is 6.89. The van der Waals surface area contributed by atoms with Crippen LogP contribution in [-0.2, 0) is 4.74 Å². The zero-order valence-corrected chi connectivity index (χ0v) is 8.54. The van der Waals surface area contributed by atoms with E-state index in [4.69, 9.17) is 20.2 Å². The van der Waals surface area contributed by atoms with Gasteiger partial charge < -0.3 is 4.74 Å². The van der Waals surface area contributed by atoms with Crippen LogP contribution in [0.4, 0.5) is 0 Å². The molecule has 0 bridgehead atoms. The Morgan fingerprint density at radius 1 is 1.08 bits per heavy atom. The molecule has 0 aromatic carbocycles. The molecule has 0 heterocycles. The molecule has 0 N–H and O–H groups in total. The molecule has 0 aliphatic rings. The summed E-state index contributed by atoms with van der Waals surface area (Å²) in [6.07, 6.45) is 6.73. The monoisotopic (exact) mass is 172 g/mol. The van der Waals surface area contributed by atoms with Crippen LogP contribution in [-0.4, -0.2) is 43.0 Å². The molecule has 0 unspecified atom stereocenters. The average molecular weight is 171 g/mol. The van der Waals surface area contributed by atoms with Crippen molar-refractivity contribution in [1.29, 1.82) is 0 Å². The van der Waals surface area contributed by atoms with Gasteiger partial charge in [0.2, 0.25) is 0 Å². The van der Waals surface area contributed by atoms with E-state index in [0.29, 0.717) is 6.10 Å². The Morgan fingerprint density at radius 3 is 1.85 bits per heavy atom. The maximum Gasteiger partial charge on any atom is 0.0570 e. The molecule has 0 aromatic rings. The van der Waals surface area contributed by atoms with E-state index in [0.717, 1.165) is 38.3 Å². The number of ether oxygens (including phenoxy) is 1. The van der Waals surface area contributed by atoms with Gasteiger partial charge in [-0.1, -0.05) is 25.5 Å². The molecule has 1 nitrogen and oxygen atoms in total. The van der Waals surface area contributed by atoms with Crippen molar-refractivity contribution in [2.45, 2.75) is 44.4 Å². The summed E-state index contributed by atoms with van der Waals surface area (Å²) in [6.45, 7) is 0. The normalized spacial score (nSPS) is 10.3. The summed E-state index contributed by atoms with van der Waals surface area (Å²) in [6, 6.07) is 0. The lowest BCUT2D eigenvalue weighted by Crippen LogP contribution is -2.11. The van der Waals surface area contributed by atoms with Crippen molar-refractivity contribution in [3.63, 3.8) is 0 Å². The lowest BCUT2D eigenvalue weighted by atomic mass is 9.52. The molecule has 0 aliphatic carbocycles. The zero-order chi connectivity index (χ0) is 9.94. The molecule has 0 rings (SSSR count). The van der Waals surface area contributed by atoms with E-state index in [1.165, 1.54) is 0 Å². The SMILES string of the molecule is [B][B]CCCC(CCC[B][B])OC. The van der Waals surface area contributed by atoms with E-state index in [2.05, 4.69) is 0 Å². The van der Waals surface area contributed by atoms with Gasteiger partial charge in [-0.15, -0.1) is 0 Å². The Bertz CT molecular complexity index is 92.1. The zero-order valence-electron chi connectivity index (χ0n) is 8.54. The smallest absolute Gasteiger partial charge is 0.0570 e. The maximum atomic E-state index is 5.33. The largest absolute Gasteiger partial charge is 0.381 e. The first-order valence-electron chi connectivity index (χ1n) is 4.94. The Morgan fingerprint density at radius 2 is 1.54 bits per heavy atom. The molecule has 5 heteroatoms. The first-order chi connectivity index (χ1) is 6.35. The summed E-state index contributed by atoms with van der Waals surface area (Å²) in [4.78, 5) is 0. The average Bonchev–Trinajstić information content (AvgIpc) is 2.16. The van der Waals surface area contributed by atoms with Crippen LogP contribution in [0.3, 0.4) is 0 Å². The Kier molecular flexibility index (Phi) is 10.5. The Balaban J connectivity index is 3.28. The summed E-state index contributed by atoms with van der Waals surface area (Å²) in [5.74, 6) is 0. The minimum Gasteiger partial charge on any atom is -0.381 e. The van der Waals surface area contributed by atoms with Crippen molar-refractivity contribution >= 4 is 29.8 Å². The predicted octanol–water partition coefficient (Wildman–Crippen LogP) is 0.974. The van der Waals surface area contributed by atoms with Crippen molar-refractivity contribution in [2.24, 2.45) is 0 Å². The number of methoxy groups -OCH3 is 1. The second-order valence-electron chi connectivity index (χ2n) is 3.19. The van der Waals surface area contributed by atoms with E-state index >= 15 is 0 Å². The highest BCUT2D eigenvalue weighted by Crippen LogP contribution is 2.11. The molecule has 0 atom stereocenters. The Labute approximate surface area is 86.7 Å². The number of hydrogen-bond acceptors (Lipinski definition) is 1. The molecule has 66 valence electrons. The molecule has 0 amide bonds. The summed E-state index contributed by atoms with van der Waals surface area (Å²) < 4.78 is 5.33. The third-order valence-corrected chi connectivity index (χ3v) is 2.13. The van der Waals surface area contributed by atoms with Gasteiger partial charge in [-0.3, -0.25) is 0 Å². The van der Waals surface area contributed by atoms with Crippen molar-refractivity contribution in [1.82, 2.24) is 0 Å². The highest BCUT2D eigenvalue weighted by atomic mass is 16.5. The molecular formula is C8H16B4O. The van der Waals surface area contributed by atoms with Crippen LogP contribution in [0.1, 0.15) is 25.7 Å². The summed E-state index contributed by atoms with van der Waals surface area (Å²) in [5.41, 5.74) is 0. The molecule has 0 saturated carbocycles. The number of hydrogen-bond donors (Lipinski definition) is 0. The van der Waals surface area contributed by atoms with Gasteiger partial charge in [0.1, 0.15) is 0 Å². The van der Waals surface area contributed by atoms with Crippen LogP contribution in [0.2, 0.25) is 12.6 Å². The lowest BCUT2D eigenvalue weighted by molar-refractivity contribution is 0.0868. The lowest BCUT2D eigenvalue weighted by Gasteiger charge is -2.14. The molecular weight excluding hydrogens is 155 g/mol. The minimum atomic E-state index is 0.375. The second kappa shape index (κ2) is 10.3. The maximum absolute atomic E-state index is 5.33. The van der Waals surface area contributed by atoms with E-state index < -0.39 is 0 Å². The minimum absolute atomic E-state index is 0.375. The van der Waals surface area contributed by atoms with Crippen LogP contribution in [0.5, 0.6) is 0 Å². The van der Waals surface area contributed by atoms with Gasteiger partial charge in [0.15, 0.2) is 0 Å². The fourth-order valence-electron chi connectivity index (χ4n) is 1.31. The summed E-state index contributed by atoms with van der Waals surface area (Å²) >= 11 is 0. The molecule has 0 fully saturated rings. The highest BCUT2D eigenvalue weighted by Gasteiger charge is 2.05. The fraction of sp³-hybridized carbons (Fsp3) is 1.00. The van der Waals surface area contributed by atoms with Crippen LogP contribution in [0.25, 0.3) is 0 Å². The second-order valence-corrected chi connectivity index (χ2v) is 3.19. The summed E-state index contributed by atoms with van der Waals surface area (Å²) in [7, 11) is 15.8. The van der Waals surface area contributed by atoms with Crippen LogP contribution >= 0.6 is 0 Å². The van der Waals surface area contributed by atoms with Crippen LogP contribution in [0.15, 0.2) is 0 Å². The van der Waals surface area contributed by atoms with Crippen molar-refractivity contribution in [3.05, 3.63) is 0 Å². The fourth-order valence-corrected chi connectivity index (χ4v) is 1.31. The van der Waals surface area contributed by atoms with Gasteiger partial charge >= 0.3 is 0 Å². The van der Waals surface area contributed by atoms with Gasteiger partial charge in [0, 0.05) is 22.6 Å². The van der Waals surface area contributed by atoms with E-state index in [9.17, 15) is 0 Å². The molecule has 0 aromatic heterocycles. The molecule has 13 heavy (non-hydrogen) atoms. The molecule has 0 spiro atoms. The van der Waals surface area contributed by atoms with Crippen molar-refractivity contribution in [3.8, 4) is 0 Å². The van der Waals surface area contributed by atoms with Crippen molar-refractivity contribution in [2.75, 3.05) is 7.11 Å². The molecule has 0 saturated heterocycles. The number of rotatable bonds is 9. The third kappa shape index (κ3) is 8.55. The van der Waals surface area contributed by atoms with Crippen LogP contribution in [0, 0.1) is 0 Å². The predicted molar refractivity (Wildman–Crippen MR) is 61.9 cm³/mol. The van der Waals surface area contributed by atoms with E-state index in [1.54, 1.807) is 21.5 Å². The van der Waals surface area contributed by atoms with Gasteiger partial charge in [-0.25, -0.2) is 0 Å². The van der Waals surface area contributed by atoms with E-state index in [-0.39, 0.29) is 0 Å². The van der Waals surface area contributed by atoms with Gasteiger partial charge in [-0.2, -0.15) is 0 Å². The summed E-state index contributed by atoms with van der Waals surface area (Å²) in [5, 5.41) is 0. The standard InChI is InChI=1S/C8H16B4O/c1-13-8(4-2-6-11-9)5-3-7-12-10/h8H,2-7H2,1H3. The van der Waals surface area contributed by atoms with E-state index in [1.807, 2.05) is 0 Å². The quantitative estimate of drug-likeness (QED) is 0.371. The van der Waals surface area contributed by atoms with Crippen LogP contribution < -0.4 is 0 Å². The van der Waals surface area contributed by atoms with Gasteiger partial charge in [-0.05, 0) is 12.8 Å².